The Labute approximate surface area is 192 Å². The summed E-state index contributed by atoms with van der Waals surface area (Å²) in [5.41, 5.74) is 2.55. The summed E-state index contributed by atoms with van der Waals surface area (Å²) in [6.07, 6.45) is 1.42. The number of benzene rings is 3. The maximum atomic E-state index is 14.3. The van der Waals surface area contributed by atoms with E-state index in [2.05, 4.69) is 0 Å². The Balaban J connectivity index is 1.59. The fourth-order valence-corrected chi connectivity index (χ4v) is 5.59. The molecule has 172 valence electrons. The molecule has 0 fully saturated rings. The van der Waals surface area contributed by atoms with Gasteiger partial charge in [-0.05, 0) is 48.6 Å². The van der Waals surface area contributed by atoms with Crippen LogP contribution < -0.4 is 9.04 Å². The van der Waals surface area contributed by atoms with Gasteiger partial charge in [-0.2, -0.15) is 0 Å². The molecule has 0 unspecified atom stereocenters. The van der Waals surface area contributed by atoms with Crippen molar-refractivity contribution in [1.82, 2.24) is 0 Å². The molecule has 1 heterocycles. The van der Waals surface area contributed by atoms with Crippen LogP contribution in [0, 0.1) is 5.82 Å². The quantitative estimate of drug-likeness (QED) is 0.523. The van der Waals surface area contributed by atoms with E-state index in [9.17, 15) is 17.6 Å². The van der Waals surface area contributed by atoms with Gasteiger partial charge in [0.25, 0.3) is 10.0 Å². The molecular formula is C25H24FNO5S. The zero-order valence-corrected chi connectivity index (χ0v) is 18.7. The van der Waals surface area contributed by atoms with E-state index >= 15 is 0 Å². The summed E-state index contributed by atoms with van der Waals surface area (Å²) in [5.74, 6) is -1.23. The number of anilines is 1. The molecule has 1 N–H and O–H groups in total. The topological polar surface area (TPSA) is 83.9 Å². The first-order chi connectivity index (χ1) is 15.9. The first-order valence-electron chi connectivity index (χ1n) is 10.7. The third-order valence-electron chi connectivity index (χ3n) is 5.62. The van der Waals surface area contributed by atoms with Crippen LogP contribution >= 0.6 is 0 Å². The van der Waals surface area contributed by atoms with Crippen LogP contribution in [0.1, 0.15) is 29.5 Å². The Hall–Kier alpha value is -3.39. The molecule has 0 aliphatic carbocycles. The molecule has 1 aliphatic heterocycles. The summed E-state index contributed by atoms with van der Waals surface area (Å²) in [7, 11) is -3.74. The van der Waals surface area contributed by atoms with E-state index in [1.165, 1.54) is 16.4 Å². The van der Waals surface area contributed by atoms with Gasteiger partial charge in [-0.15, -0.1) is 0 Å². The van der Waals surface area contributed by atoms with E-state index in [0.29, 0.717) is 29.8 Å². The summed E-state index contributed by atoms with van der Waals surface area (Å²) in [6.45, 7) is 0.437. The molecule has 1 aliphatic rings. The van der Waals surface area contributed by atoms with E-state index in [1.807, 2.05) is 18.2 Å². The average Bonchev–Trinajstić information content (AvgIpc) is 2.82. The molecule has 8 heteroatoms. The highest BCUT2D eigenvalue weighted by molar-refractivity contribution is 7.92. The average molecular weight is 470 g/mol. The van der Waals surface area contributed by atoms with Gasteiger partial charge < -0.3 is 9.84 Å². The van der Waals surface area contributed by atoms with E-state index in [-0.39, 0.29) is 30.1 Å². The number of hydrogen-bond donors (Lipinski definition) is 1. The van der Waals surface area contributed by atoms with Gasteiger partial charge in [0.15, 0.2) is 0 Å². The second-order valence-electron chi connectivity index (χ2n) is 7.85. The lowest BCUT2D eigenvalue weighted by Gasteiger charge is -2.32. The molecule has 4 rings (SSSR count). The van der Waals surface area contributed by atoms with Gasteiger partial charge in [-0.3, -0.25) is 9.10 Å². The van der Waals surface area contributed by atoms with E-state index < -0.39 is 21.8 Å². The van der Waals surface area contributed by atoms with E-state index in [1.54, 1.807) is 36.4 Å². The highest BCUT2D eigenvalue weighted by Crippen LogP contribution is 2.35. The lowest BCUT2D eigenvalue weighted by Crippen LogP contribution is -2.36. The summed E-state index contributed by atoms with van der Waals surface area (Å²) in [6, 6.07) is 18.3. The molecule has 0 aromatic heterocycles. The van der Waals surface area contributed by atoms with Crippen molar-refractivity contribution in [3.8, 4) is 5.75 Å². The smallest absolute Gasteiger partial charge is 0.303 e. The number of ether oxygens (including phenoxy) is 1. The van der Waals surface area contributed by atoms with Crippen LogP contribution in [-0.4, -0.2) is 26.0 Å². The number of hydrogen-bond acceptors (Lipinski definition) is 4. The number of carboxylic acids is 1. The fourth-order valence-electron chi connectivity index (χ4n) is 3.99. The summed E-state index contributed by atoms with van der Waals surface area (Å²) < 4.78 is 48.3. The van der Waals surface area contributed by atoms with Crippen molar-refractivity contribution in [3.63, 3.8) is 0 Å². The van der Waals surface area contributed by atoms with Crippen molar-refractivity contribution < 1.29 is 27.4 Å². The van der Waals surface area contributed by atoms with Crippen LogP contribution in [0.25, 0.3) is 0 Å². The van der Waals surface area contributed by atoms with Crippen molar-refractivity contribution in [2.45, 2.75) is 37.2 Å². The maximum Gasteiger partial charge on any atom is 0.303 e. The van der Waals surface area contributed by atoms with Crippen molar-refractivity contribution in [2.75, 3.05) is 10.8 Å². The second kappa shape index (κ2) is 9.62. The highest BCUT2D eigenvalue weighted by Gasteiger charge is 2.31. The Morgan fingerprint density at radius 3 is 2.55 bits per heavy atom. The van der Waals surface area contributed by atoms with E-state index in [0.717, 1.165) is 12.0 Å². The van der Waals surface area contributed by atoms with Crippen molar-refractivity contribution in [3.05, 3.63) is 89.2 Å². The maximum absolute atomic E-state index is 14.3. The summed E-state index contributed by atoms with van der Waals surface area (Å²) in [5, 5.41) is 8.78. The molecular weight excluding hydrogens is 445 g/mol. The van der Waals surface area contributed by atoms with Crippen LogP contribution in [0.5, 0.6) is 5.75 Å². The van der Waals surface area contributed by atoms with Gasteiger partial charge in [-0.1, -0.05) is 42.5 Å². The second-order valence-corrected chi connectivity index (χ2v) is 9.72. The van der Waals surface area contributed by atoms with Gasteiger partial charge in [0.1, 0.15) is 18.2 Å². The molecule has 0 amide bonds. The van der Waals surface area contributed by atoms with Gasteiger partial charge in [0.05, 0.1) is 10.6 Å². The number of carbonyl (C=O) groups is 1. The zero-order chi connectivity index (χ0) is 23.4. The van der Waals surface area contributed by atoms with Crippen LogP contribution in [0.4, 0.5) is 10.1 Å². The zero-order valence-electron chi connectivity index (χ0n) is 17.9. The SMILES string of the molecule is O=C(O)CCc1ccc(OCc2cccc3c2N(S(=O)(=O)c2ccccc2)CCC3)cc1F. The van der Waals surface area contributed by atoms with Crippen LogP contribution in [-0.2, 0) is 34.3 Å². The fraction of sp³-hybridized carbons (Fsp3) is 0.240. The Bertz CT molecular complexity index is 1260. The van der Waals surface area contributed by atoms with Gasteiger partial charge >= 0.3 is 5.97 Å². The molecule has 6 nitrogen and oxygen atoms in total. The molecule has 0 saturated carbocycles. The minimum absolute atomic E-state index is 0.0674. The largest absolute Gasteiger partial charge is 0.489 e. The van der Waals surface area contributed by atoms with Crippen LogP contribution in [0.3, 0.4) is 0 Å². The lowest BCUT2D eigenvalue weighted by molar-refractivity contribution is -0.136. The Kier molecular flexibility index (Phi) is 6.65. The number of fused-ring (bicyclic) bond motifs is 1. The first kappa shape index (κ1) is 22.8. The van der Waals surface area contributed by atoms with Gasteiger partial charge in [0.2, 0.25) is 0 Å². The number of aliphatic carboxylic acids is 1. The molecule has 0 saturated heterocycles. The molecule has 3 aromatic carbocycles. The standard InChI is InChI=1S/C25H24FNO5S/c26-23-16-21(13-11-18(23)12-14-24(28)29)32-17-20-7-4-6-19-8-5-15-27(25(19)20)33(30,31)22-9-2-1-3-10-22/h1-4,6-7,9-11,13,16H,5,8,12,14-15,17H2,(H,28,29). The highest BCUT2D eigenvalue weighted by atomic mass is 32.2. The molecule has 33 heavy (non-hydrogen) atoms. The van der Waals surface area contributed by atoms with Crippen molar-refractivity contribution in [1.29, 1.82) is 0 Å². The number of aryl methyl sites for hydroxylation is 2. The first-order valence-corrected chi connectivity index (χ1v) is 12.1. The minimum Gasteiger partial charge on any atom is -0.489 e. The molecule has 0 atom stereocenters. The van der Waals surface area contributed by atoms with Crippen LogP contribution in [0.2, 0.25) is 0 Å². The number of nitrogens with zero attached hydrogens (tertiary/aromatic N) is 1. The summed E-state index contributed by atoms with van der Waals surface area (Å²) in [4.78, 5) is 11.0. The number of sulfonamides is 1. The monoisotopic (exact) mass is 469 g/mol. The van der Waals surface area contributed by atoms with Crippen molar-refractivity contribution in [2.24, 2.45) is 0 Å². The lowest BCUT2D eigenvalue weighted by atomic mass is 10.00. The third-order valence-corrected chi connectivity index (χ3v) is 7.43. The Morgan fingerprint density at radius 1 is 1.03 bits per heavy atom. The van der Waals surface area contributed by atoms with Crippen LogP contribution in [0.15, 0.2) is 71.6 Å². The minimum atomic E-state index is -3.74. The molecule has 3 aromatic rings. The van der Waals surface area contributed by atoms with Gasteiger partial charge in [0, 0.05) is 24.6 Å². The number of carboxylic acid groups (broad SMARTS) is 1. The molecule has 0 radical (unpaired) electrons. The molecule has 0 bridgehead atoms. The Morgan fingerprint density at radius 2 is 1.82 bits per heavy atom. The summed E-state index contributed by atoms with van der Waals surface area (Å²) >= 11 is 0. The predicted molar refractivity (Wildman–Crippen MR) is 122 cm³/mol. The normalized spacial score (nSPS) is 13.4. The third kappa shape index (κ3) is 5.01. The number of rotatable bonds is 8. The predicted octanol–water partition coefficient (Wildman–Crippen LogP) is 4.56. The van der Waals surface area contributed by atoms with E-state index in [4.69, 9.17) is 9.84 Å². The molecule has 0 spiro atoms. The number of halogens is 1. The van der Waals surface area contributed by atoms with Crippen molar-refractivity contribution >= 4 is 21.7 Å². The number of para-hydroxylation sites is 1. The van der Waals surface area contributed by atoms with Gasteiger partial charge in [-0.25, -0.2) is 12.8 Å².